The van der Waals surface area contributed by atoms with Gasteiger partial charge in [0.05, 0.1) is 7.11 Å². The Hall–Kier alpha value is -2.04. The highest BCUT2D eigenvalue weighted by atomic mass is 16.5. The number of carbonyl (C=O) groups is 2. The van der Waals surface area contributed by atoms with Crippen LogP contribution in [0.2, 0.25) is 0 Å². The Morgan fingerprint density at radius 1 is 1.40 bits per heavy atom. The van der Waals surface area contributed by atoms with Crippen LogP contribution in [0.1, 0.15) is 5.56 Å². The Bertz CT molecular complexity index is 397. The van der Waals surface area contributed by atoms with Crippen molar-refractivity contribution in [2.75, 3.05) is 7.11 Å². The van der Waals surface area contributed by atoms with Gasteiger partial charge in [-0.25, -0.2) is 4.79 Å². The average molecular weight is 210 g/mol. The number of hydrogen-bond acceptors (Lipinski definition) is 4. The summed E-state index contributed by atoms with van der Waals surface area (Å²) < 4.78 is 4.92. The first-order valence-electron chi connectivity index (χ1n) is 4.16. The molecule has 0 saturated heterocycles. The van der Waals surface area contributed by atoms with Gasteiger partial charge in [0, 0.05) is 12.0 Å². The maximum atomic E-state index is 11.0. The highest BCUT2D eigenvalue weighted by Crippen LogP contribution is 2.23. The Morgan fingerprint density at radius 3 is 2.60 bits per heavy atom. The van der Waals surface area contributed by atoms with E-state index in [1.165, 1.54) is 25.3 Å². The van der Waals surface area contributed by atoms with Gasteiger partial charge in [-0.3, -0.25) is 4.79 Å². The first-order chi connectivity index (χ1) is 7.04. The van der Waals surface area contributed by atoms with Gasteiger partial charge in [-0.05, 0) is 18.2 Å². The molecule has 1 aromatic carbocycles. The van der Waals surface area contributed by atoms with Crippen LogP contribution in [0.5, 0.6) is 11.5 Å². The number of rotatable bonds is 4. The van der Waals surface area contributed by atoms with E-state index >= 15 is 0 Å². The van der Waals surface area contributed by atoms with E-state index in [9.17, 15) is 14.7 Å². The van der Waals surface area contributed by atoms with Crippen LogP contribution >= 0.6 is 0 Å². The fourth-order valence-electron chi connectivity index (χ4n) is 1.15. The van der Waals surface area contributed by atoms with Gasteiger partial charge >= 0.3 is 5.97 Å². The number of carboxylic acid groups (broad SMARTS) is 1. The van der Waals surface area contributed by atoms with E-state index in [-0.39, 0.29) is 12.2 Å². The minimum Gasteiger partial charge on any atom is -0.508 e. The third-order valence-electron chi connectivity index (χ3n) is 1.85. The van der Waals surface area contributed by atoms with Gasteiger partial charge < -0.3 is 14.9 Å². The SMILES string of the molecule is COc1ccc(O)cc1CC(=O)C(=O)O. The molecule has 1 rings (SSSR count). The zero-order valence-corrected chi connectivity index (χ0v) is 8.06. The third-order valence-corrected chi connectivity index (χ3v) is 1.85. The van der Waals surface area contributed by atoms with Gasteiger partial charge in [-0.2, -0.15) is 0 Å². The van der Waals surface area contributed by atoms with Crippen LogP contribution in [0.25, 0.3) is 0 Å². The average Bonchev–Trinajstić information content (AvgIpc) is 2.18. The zero-order chi connectivity index (χ0) is 11.4. The molecule has 0 aliphatic carbocycles. The molecule has 0 saturated carbocycles. The van der Waals surface area contributed by atoms with E-state index in [2.05, 4.69) is 0 Å². The summed E-state index contributed by atoms with van der Waals surface area (Å²) in [7, 11) is 1.40. The number of ketones is 1. The highest BCUT2D eigenvalue weighted by Gasteiger charge is 2.15. The number of ether oxygens (including phenoxy) is 1. The summed E-state index contributed by atoms with van der Waals surface area (Å²) in [5.41, 5.74) is 0.352. The number of phenolic OH excluding ortho intramolecular Hbond substituents is 1. The molecule has 0 radical (unpaired) electrons. The standard InChI is InChI=1S/C10H10O5/c1-15-9-3-2-7(11)4-6(9)5-8(12)10(13)14/h2-4,11H,5H2,1H3,(H,13,14). The summed E-state index contributed by atoms with van der Waals surface area (Å²) >= 11 is 0. The molecule has 5 heteroatoms. The highest BCUT2D eigenvalue weighted by molar-refractivity contribution is 6.33. The van der Waals surface area contributed by atoms with Crippen molar-refractivity contribution in [3.05, 3.63) is 23.8 Å². The van der Waals surface area contributed by atoms with Crippen LogP contribution in [0, 0.1) is 0 Å². The monoisotopic (exact) mass is 210 g/mol. The van der Waals surface area contributed by atoms with Crippen LogP contribution in [0.15, 0.2) is 18.2 Å². The molecule has 0 atom stereocenters. The molecule has 0 aromatic heterocycles. The van der Waals surface area contributed by atoms with Crippen molar-refractivity contribution in [1.82, 2.24) is 0 Å². The summed E-state index contributed by atoms with van der Waals surface area (Å²) in [5, 5.41) is 17.6. The first-order valence-corrected chi connectivity index (χ1v) is 4.16. The van der Waals surface area contributed by atoms with Crippen LogP contribution in [-0.2, 0) is 16.0 Å². The Kier molecular flexibility index (Phi) is 3.28. The van der Waals surface area contributed by atoms with Crippen LogP contribution < -0.4 is 4.74 Å². The van der Waals surface area contributed by atoms with Gasteiger partial charge in [0.2, 0.25) is 5.78 Å². The van der Waals surface area contributed by atoms with E-state index in [1.54, 1.807) is 0 Å². The predicted molar refractivity (Wildman–Crippen MR) is 51.0 cm³/mol. The number of carbonyl (C=O) groups excluding carboxylic acids is 1. The summed E-state index contributed by atoms with van der Waals surface area (Å²) in [5.74, 6) is -2.11. The summed E-state index contributed by atoms with van der Waals surface area (Å²) in [6.45, 7) is 0. The zero-order valence-electron chi connectivity index (χ0n) is 8.06. The molecule has 0 aliphatic heterocycles. The van der Waals surface area contributed by atoms with Crippen molar-refractivity contribution in [2.45, 2.75) is 6.42 Å². The Labute approximate surface area is 85.9 Å². The molecule has 0 heterocycles. The van der Waals surface area contributed by atoms with E-state index in [0.717, 1.165) is 0 Å². The van der Waals surface area contributed by atoms with Crippen LogP contribution in [-0.4, -0.2) is 29.1 Å². The topological polar surface area (TPSA) is 83.8 Å². The molecule has 80 valence electrons. The lowest BCUT2D eigenvalue weighted by molar-refractivity contribution is -0.148. The third kappa shape index (κ3) is 2.70. The maximum Gasteiger partial charge on any atom is 0.372 e. The molecule has 0 aliphatic rings. The Balaban J connectivity index is 2.97. The number of Topliss-reactive ketones (excluding diaryl/α,β-unsaturated/α-hetero) is 1. The molecular weight excluding hydrogens is 200 g/mol. The number of phenols is 1. The minimum absolute atomic E-state index is 0.0380. The smallest absolute Gasteiger partial charge is 0.372 e. The largest absolute Gasteiger partial charge is 0.508 e. The molecule has 5 nitrogen and oxygen atoms in total. The molecule has 0 amide bonds. The lowest BCUT2D eigenvalue weighted by atomic mass is 10.1. The second-order valence-electron chi connectivity index (χ2n) is 2.90. The van der Waals surface area contributed by atoms with Crippen molar-refractivity contribution in [2.24, 2.45) is 0 Å². The lowest BCUT2D eigenvalue weighted by Crippen LogP contribution is -2.15. The van der Waals surface area contributed by atoms with Crippen molar-refractivity contribution in [1.29, 1.82) is 0 Å². The second-order valence-corrected chi connectivity index (χ2v) is 2.90. The normalized spacial score (nSPS) is 9.67. The number of aliphatic carboxylic acids is 1. The molecule has 0 fully saturated rings. The quantitative estimate of drug-likeness (QED) is 0.711. The summed E-state index contributed by atoms with van der Waals surface area (Å²) in [6, 6.07) is 4.17. The van der Waals surface area contributed by atoms with E-state index in [4.69, 9.17) is 9.84 Å². The van der Waals surface area contributed by atoms with Crippen molar-refractivity contribution in [3.63, 3.8) is 0 Å². The summed E-state index contributed by atoms with van der Waals surface area (Å²) in [4.78, 5) is 21.3. The molecule has 0 unspecified atom stereocenters. The summed E-state index contributed by atoms with van der Waals surface area (Å²) in [6.07, 6.45) is -0.299. The number of methoxy groups -OCH3 is 1. The van der Waals surface area contributed by atoms with Crippen molar-refractivity contribution in [3.8, 4) is 11.5 Å². The number of aromatic hydroxyl groups is 1. The Morgan fingerprint density at radius 2 is 2.07 bits per heavy atom. The molecule has 1 aromatic rings. The fourth-order valence-corrected chi connectivity index (χ4v) is 1.15. The number of carboxylic acids is 1. The van der Waals surface area contributed by atoms with Gasteiger partial charge in [-0.15, -0.1) is 0 Å². The molecular formula is C10H10O5. The molecule has 2 N–H and O–H groups in total. The van der Waals surface area contributed by atoms with E-state index in [0.29, 0.717) is 11.3 Å². The molecule has 0 spiro atoms. The lowest BCUT2D eigenvalue weighted by Gasteiger charge is -2.06. The van der Waals surface area contributed by atoms with Crippen molar-refractivity contribution < 1.29 is 24.5 Å². The predicted octanol–water partition coefficient (Wildman–Crippen LogP) is 0.597. The van der Waals surface area contributed by atoms with E-state index in [1.807, 2.05) is 0 Å². The minimum atomic E-state index is -1.50. The fraction of sp³-hybridized carbons (Fsp3) is 0.200. The maximum absolute atomic E-state index is 11.0. The first kappa shape index (κ1) is 11.0. The van der Waals surface area contributed by atoms with E-state index < -0.39 is 11.8 Å². The number of hydrogen-bond donors (Lipinski definition) is 2. The number of benzene rings is 1. The molecule has 15 heavy (non-hydrogen) atoms. The molecule has 0 bridgehead atoms. The van der Waals surface area contributed by atoms with Crippen LogP contribution in [0.4, 0.5) is 0 Å². The van der Waals surface area contributed by atoms with Gasteiger partial charge in [0.25, 0.3) is 0 Å². The van der Waals surface area contributed by atoms with Crippen LogP contribution in [0.3, 0.4) is 0 Å². The second kappa shape index (κ2) is 4.45. The van der Waals surface area contributed by atoms with Gasteiger partial charge in [0.15, 0.2) is 0 Å². The van der Waals surface area contributed by atoms with Crippen molar-refractivity contribution >= 4 is 11.8 Å². The van der Waals surface area contributed by atoms with Gasteiger partial charge in [-0.1, -0.05) is 0 Å². The van der Waals surface area contributed by atoms with Gasteiger partial charge in [0.1, 0.15) is 11.5 Å².